The number of hydrogen-bond donors (Lipinski definition) is 1. The Morgan fingerprint density at radius 3 is 2.44 bits per heavy atom. The van der Waals surface area contributed by atoms with E-state index in [0.717, 1.165) is 33.3 Å². The van der Waals surface area contributed by atoms with Gasteiger partial charge in [-0.1, -0.05) is 60.2 Å². The van der Waals surface area contributed by atoms with Gasteiger partial charge in [0.15, 0.2) is 5.13 Å². The molecule has 7 heteroatoms. The van der Waals surface area contributed by atoms with Crippen LogP contribution in [0, 0.1) is 6.92 Å². The first-order chi connectivity index (χ1) is 16.4. The van der Waals surface area contributed by atoms with E-state index in [-0.39, 0.29) is 11.3 Å². The number of Topliss-reactive ketones (excluding diaryl/α,β-unsaturated/α-hetero) is 1. The number of carbonyl (C=O) groups is 2. The van der Waals surface area contributed by atoms with E-state index < -0.39 is 17.7 Å². The number of rotatable bonds is 4. The van der Waals surface area contributed by atoms with Crippen LogP contribution in [0.4, 0.5) is 5.13 Å². The lowest BCUT2D eigenvalue weighted by molar-refractivity contribution is -0.132. The van der Waals surface area contributed by atoms with Crippen molar-refractivity contribution >= 4 is 55.7 Å². The van der Waals surface area contributed by atoms with E-state index in [1.165, 1.54) is 16.2 Å². The fourth-order valence-electron chi connectivity index (χ4n) is 4.17. The van der Waals surface area contributed by atoms with Crippen molar-refractivity contribution in [1.29, 1.82) is 0 Å². The van der Waals surface area contributed by atoms with Gasteiger partial charge in [-0.15, -0.1) is 0 Å². The summed E-state index contributed by atoms with van der Waals surface area (Å²) in [6, 6.07) is 19.3. The number of ketones is 1. The van der Waals surface area contributed by atoms with Gasteiger partial charge in [0.05, 0.1) is 21.8 Å². The molecular formula is C27H21ClN2O3S. The molecule has 0 saturated carbocycles. The highest BCUT2D eigenvalue weighted by Crippen LogP contribution is 2.44. The number of aliphatic hydroxyl groups is 1. The van der Waals surface area contributed by atoms with E-state index in [4.69, 9.17) is 11.6 Å². The van der Waals surface area contributed by atoms with Gasteiger partial charge in [0.2, 0.25) is 0 Å². The number of fused-ring (bicyclic) bond motifs is 1. The lowest BCUT2D eigenvalue weighted by atomic mass is 9.94. The van der Waals surface area contributed by atoms with Crippen molar-refractivity contribution in [1.82, 2.24) is 4.98 Å². The molecule has 2 heterocycles. The van der Waals surface area contributed by atoms with E-state index in [0.29, 0.717) is 15.7 Å². The monoisotopic (exact) mass is 488 g/mol. The molecule has 1 aromatic heterocycles. The first-order valence-corrected chi connectivity index (χ1v) is 12.1. The summed E-state index contributed by atoms with van der Waals surface area (Å²) >= 11 is 7.35. The highest BCUT2D eigenvalue weighted by Gasteiger charge is 2.48. The Morgan fingerprint density at radius 2 is 1.76 bits per heavy atom. The number of nitrogens with zero attached hydrogens (tertiary/aromatic N) is 2. The molecule has 4 aromatic rings. The zero-order valence-corrected chi connectivity index (χ0v) is 20.2. The van der Waals surface area contributed by atoms with Crippen LogP contribution in [0.1, 0.15) is 35.2 Å². The molecule has 1 saturated heterocycles. The molecule has 1 amide bonds. The maximum Gasteiger partial charge on any atom is 0.301 e. The number of hydrogen-bond acceptors (Lipinski definition) is 5. The Labute approximate surface area is 205 Å². The summed E-state index contributed by atoms with van der Waals surface area (Å²) in [4.78, 5) is 32.7. The van der Waals surface area contributed by atoms with Gasteiger partial charge in [-0.05, 0) is 66.4 Å². The topological polar surface area (TPSA) is 70.5 Å². The second-order valence-electron chi connectivity index (χ2n) is 8.24. The number of thiazole rings is 1. The molecule has 3 aromatic carbocycles. The smallest absolute Gasteiger partial charge is 0.301 e. The van der Waals surface area contributed by atoms with Crippen molar-refractivity contribution in [2.24, 2.45) is 0 Å². The summed E-state index contributed by atoms with van der Waals surface area (Å²) in [5, 5.41) is 12.1. The molecule has 1 unspecified atom stereocenters. The number of amides is 1. The number of aryl methyl sites for hydroxylation is 2. The average Bonchev–Trinajstić information content (AvgIpc) is 3.37. The van der Waals surface area contributed by atoms with E-state index >= 15 is 0 Å². The van der Waals surface area contributed by atoms with Gasteiger partial charge in [0.1, 0.15) is 5.76 Å². The Bertz CT molecular complexity index is 1460. The van der Waals surface area contributed by atoms with Crippen LogP contribution in [0.2, 0.25) is 5.02 Å². The number of carbonyl (C=O) groups excluding carboxylic acids is 2. The fraction of sp³-hybridized carbons (Fsp3) is 0.148. The highest BCUT2D eigenvalue weighted by atomic mass is 35.5. The van der Waals surface area contributed by atoms with E-state index in [2.05, 4.69) is 11.9 Å². The number of aliphatic hydroxyl groups excluding tert-OH is 1. The second-order valence-corrected chi connectivity index (χ2v) is 9.68. The lowest BCUT2D eigenvalue weighted by Gasteiger charge is -2.23. The van der Waals surface area contributed by atoms with Crippen molar-refractivity contribution in [2.45, 2.75) is 26.3 Å². The van der Waals surface area contributed by atoms with Crippen LogP contribution in [0.15, 0.2) is 72.3 Å². The lowest BCUT2D eigenvalue weighted by Crippen LogP contribution is -2.29. The molecule has 5 rings (SSSR count). The van der Waals surface area contributed by atoms with Gasteiger partial charge in [-0.25, -0.2) is 4.98 Å². The highest BCUT2D eigenvalue weighted by molar-refractivity contribution is 7.22. The van der Waals surface area contributed by atoms with Crippen LogP contribution in [-0.2, 0) is 16.0 Å². The Morgan fingerprint density at radius 1 is 1.06 bits per heavy atom. The third-order valence-electron chi connectivity index (χ3n) is 6.00. The molecule has 1 N–H and O–H groups in total. The maximum absolute atomic E-state index is 13.3. The van der Waals surface area contributed by atoms with Crippen LogP contribution >= 0.6 is 22.9 Å². The fourth-order valence-corrected chi connectivity index (χ4v) is 5.38. The van der Waals surface area contributed by atoms with Crippen molar-refractivity contribution in [3.8, 4) is 0 Å². The first kappa shape index (κ1) is 22.3. The molecule has 1 atom stereocenters. The van der Waals surface area contributed by atoms with Gasteiger partial charge < -0.3 is 5.11 Å². The summed E-state index contributed by atoms with van der Waals surface area (Å²) in [6.07, 6.45) is 0.864. The molecule has 0 bridgehead atoms. The Balaban J connectivity index is 1.72. The maximum atomic E-state index is 13.3. The summed E-state index contributed by atoms with van der Waals surface area (Å²) in [5.74, 6) is -1.69. The minimum atomic E-state index is -0.803. The molecule has 1 aliphatic rings. The molecule has 1 fully saturated rings. The normalized spacial score (nSPS) is 17.6. The summed E-state index contributed by atoms with van der Waals surface area (Å²) in [5.41, 5.74) is 4.14. The van der Waals surface area contributed by atoms with Gasteiger partial charge in [0.25, 0.3) is 5.78 Å². The minimum Gasteiger partial charge on any atom is -0.507 e. The predicted molar refractivity (Wildman–Crippen MR) is 136 cm³/mol. The third kappa shape index (κ3) is 3.79. The zero-order valence-electron chi connectivity index (χ0n) is 18.6. The molecular weight excluding hydrogens is 468 g/mol. The van der Waals surface area contributed by atoms with Crippen molar-refractivity contribution in [2.75, 3.05) is 4.90 Å². The molecule has 0 radical (unpaired) electrons. The number of halogens is 1. The SMILES string of the molecule is CCc1ccc(C2C(=C(O)c3ccc(Cl)cc3)C(=O)C(=O)N2c2nc3ccc(C)cc3s2)cc1. The third-order valence-corrected chi connectivity index (χ3v) is 7.27. The van der Waals surface area contributed by atoms with Gasteiger partial charge in [0, 0.05) is 10.6 Å². The van der Waals surface area contributed by atoms with Crippen LogP contribution in [0.5, 0.6) is 0 Å². The Hall–Kier alpha value is -3.48. The largest absolute Gasteiger partial charge is 0.507 e. The van der Waals surface area contributed by atoms with Crippen LogP contribution in [0.3, 0.4) is 0 Å². The standard InChI is InChI=1S/C27H21ClN2O3S/c1-3-16-5-7-17(8-6-16)23-22(24(31)18-9-11-19(28)12-10-18)25(32)26(33)30(23)27-29-20-13-4-15(2)14-21(20)34-27/h4-14,23,31H,3H2,1-2H3. The average molecular weight is 489 g/mol. The van der Waals surface area contributed by atoms with E-state index in [1.54, 1.807) is 24.3 Å². The van der Waals surface area contributed by atoms with Gasteiger partial charge in [-0.2, -0.15) is 0 Å². The number of benzene rings is 3. The zero-order chi connectivity index (χ0) is 24.0. The quantitative estimate of drug-likeness (QED) is 0.204. The number of aromatic nitrogens is 1. The van der Waals surface area contributed by atoms with Crippen molar-refractivity contribution < 1.29 is 14.7 Å². The Kier molecular flexibility index (Phi) is 5.71. The molecule has 170 valence electrons. The molecule has 34 heavy (non-hydrogen) atoms. The van der Waals surface area contributed by atoms with Crippen LogP contribution < -0.4 is 4.90 Å². The van der Waals surface area contributed by atoms with E-state index in [9.17, 15) is 14.7 Å². The summed E-state index contributed by atoms with van der Waals surface area (Å²) in [7, 11) is 0. The first-order valence-electron chi connectivity index (χ1n) is 10.9. The number of anilines is 1. The molecule has 1 aliphatic heterocycles. The summed E-state index contributed by atoms with van der Waals surface area (Å²) < 4.78 is 0.926. The van der Waals surface area contributed by atoms with Gasteiger partial charge >= 0.3 is 5.91 Å². The molecule has 0 spiro atoms. The molecule has 5 nitrogen and oxygen atoms in total. The predicted octanol–water partition coefficient (Wildman–Crippen LogP) is 6.45. The van der Waals surface area contributed by atoms with Crippen LogP contribution in [-0.4, -0.2) is 21.8 Å². The molecule has 0 aliphatic carbocycles. The van der Waals surface area contributed by atoms with Crippen molar-refractivity contribution in [3.05, 3.63) is 99.6 Å². The van der Waals surface area contributed by atoms with E-state index in [1.807, 2.05) is 49.4 Å². The summed E-state index contributed by atoms with van der Waals surface area (Å²) in [6.45, 7) is 4.05. The second kappa shape index (κ2) is 8.70. The van der Waals surface area contributed by atoms with Gasteiger partial charge in [-0.3, -0.25) is 14.5 Å². The van der Waals surface area contributed by atoms with Crippen molar-refractivity contribution in [3.63, 3.8) is 0 Å². The van der Waals surface area contributed by atoms with Crippen LogP contribution in [0.25, 0.3) is 16.0 Å². The minimum absolute atomic E-state index is 0.0343.